The molecule has 78 valence electrons. The van der Waals surface area contributed by atoms with Crippen molar-refractivity contribution in [3.8, 4) is 5.75 Å². The van der Waals surface area contributed by atoms with E-state index in [4.69, 9.17) is 5.14 Å². The minimum atomic E-state index is -4.26. The molecule has 1 rings (SSSR count). The highest BCUT2D eigenvalue weighted by molar-refractivity contribution is 7.89. The van der Waals surface area contributed by atoms with Gasteiger partial charge in [-0.05, 0) is 0 Å². The van der Waals surface area contributed by atoms with Crippen molar-refractivity contribution in [1.29, 1.82) is 0 Å². The van der Waals surface area contributed by atoms with E-state index in [1.807, 2.05) is 0 Å². The normalized spacial score (nSPS) is 11.4. The second-order valence-corrected chi connectivity index (χ2v) is 3.96. The fourth-order valence-electron chi connectivity index (χ4n) is 0.964. The highest BCUT2D eigenvalue weighted by atomic mass is 32.2. The number of benzene rings is 1. The Morgan fingerprint density at radius 3 is 2.36 bits per heavy atom. The molecule has 2 N–H and O–H groups in total. The molecule has 0 fully saturated rings. The summed E-state index contributed by atoms with van der Waals surface area (Å²) in [5, 5.41) is 4.71. The molecule has 0 radical (unpaired) electrons. The van der Waals surface area contributed by atoms with Gasteiger partial charge in [0.2, 0.25) is 10.0 Å². The molecule has 4 nitrogen and oxygen atoms in total. The van der Waals surface area contributed by atoms with Crippen LogP contribution in [0.1, 0.15) is 0 Å². The lowest BCUT2D eigenvalue weighted by Gasteiger charge is -2.07. The van der Waals surface area contributed by atoms with Crippen LogP contribution in [0.15, 0.2) is 17.0 Å². The van der Waals surface area contributed by atoms with Crippen LogP contribution < -0.4 is 9.88 Å². The molecule has 0 aliphatic heterocycles. The van der Waals surface area contributed by atoms with Crippen molar-refractivity contribution in [2.75, 3.05) is 7.11 Å². The number of primary sulfonamides is 1. The summed E-state index contributed by atoms with van der Waals surface area (Å²) in [6.07, 6.45) is 0. The molecule has 0 aliphatic rings. The summed E-state index contributed by atoms with van der Waals surface area (Å²) in [5.41, 5.74) is 0. The van der Waals surface area contributed by atoms with Crippen LogP contribution in [0.25, 0.3) is 0 Å². The molecule has 0 aliphatic carbocycles. The zero-order valence-corrected chi connectivity index (χ0v) is 7.94. The second kappa shape index (κ2) is 3.50. The summed E-state index contributed by atoms with van der Waals surface area (Å²) < 4.78 is 51.9. The minimum absolute atomic E-state index is 0.419. The van der Waals surface area contributed by atoms with Gasteiger partial charge in [-0.1, -0.05) is 0 Å². The zero-order valence-electron chi connectivity index (χ0n) is 7.12. The molecule has 0 saturated heterocycles. The van der Waals surface area contributed by atoms with E-state index in [0.717, 1.165) is 13.2 Å². The molecule has 0 bridgehead atoms. The van der Waals surface area contributed by atoms with E-state index in [2.05, 4.69) is 4.74 Å². The van der Waals surface area contributed by atoms with Gasteiger partial charge in [0, 0.05) is 12.1 Å². The Morgan fingerprint density at radius 2 is 1.93 bits per heavy atom. The van der Waals surface area contributed by atoms with Gasteiger partial charge in [0.25, 0.3) is 0 Å². The van der Waals surface area contributed by atoms with Crippen molar-refractivity contribution in [1.82, 2.24) is 0 Å². The lowest BCUT2D eigenvalue weighted by atomic mass is 10.3. The third-order valence-electron chi connectivity index (χ3n) is 1.48. The van der Waals surface area contributed by atoms with Gasteiger partial charge in [-0.25, -0.2) is 22.3 Å². The Hall–Kier alpha value is -1.21. The Labute approximate surface area is 79.3 Å². The molecule has 0 heterocycles. The van der Waals surface area contributed by atoms with Gasteiger partial charge in [0.1, 0.15) is 17.4 Å². The molecule has 0 spiro atoms. The fraction of sp³-hybridized carbons (Fsp3) is 0.143. The maximum atomic E-state index is 13.0. The van der Waals surface area contributed by atoms with Gasteiger partial charge in [0.15, 0.2) is 4.90 Å². The van der Waals surface area contributed by atoms with E-state index < -0.39 is 32.3 Å². The molecule has 1 aromatic carbocycles. The number of sulfonamides is 1. The summed E-state index contributed by atoms with van der Waals surface area (Å²) in [6.45, 7) is 0. The van der Waals surface area contributed by atoms with E-state index in [1.54, 1.807) is 0 Å². The van der Waals surface area contributed by atoms with Gasteiger partial charge >= 0.3 is 0 Å². The molecular weight excluding hydrogens is 216 g/mol. The second-order valence-electron chi connectivity index (χ2n) is 2.46. The standard InChI is InChI=1S/C7H7F2NO3S/c1-13-6-3-4(8)2-5(9)7(6)14(10,11)12/h2-3H,1H3,(H2,10,11,12). The Bertz CT molecular complexity index is 458. The average Bonchev–Trinajstić information content (AvgIpc) is 1.99. The Kier molecular flexibility index (Phi) is 2.72. The van der Waals surface area contributed by atoms with E-state index in [0.29, 0.717) is 6.07 Å². The molecule has 0 amide bonds. The topological polar surface area (TPSA) is 69.4 Å². The van der Waals surface area contributed by atoms with Crippen LogP contribution >= 0.6 is 0 Å². The summed E-state index contributed by atoms with van der Waals surface area (Å²) in [5.74, 6) is -2.67. The highest BCUT2D eigenvalue weighted by Crippen LogP contribution is 2.26. The van der Waals surface area contributed by atoms with Crippen LogP contribution in [0.3, 0.4) is 0 Å². The van der Waals surface area contributed by atoms with Gasteiger partial charge in [-0.3, -0.25) is 0 Å². The summed E-state index contributed by atoms with van der Waals surface area (Å²) in [7, 11) is -3.17. The predicted molar refractivity (Wildman–Crippen MR) is 44.3 cm³/mol. The van der Waals surface area contributed by atoms with Crippen molar-refractivity contribution in [2.24, 2.45) is 5.14 Å². The zero-order chi connectivity index (χ0) is 10.9. The molecule has 0 aromatic heterocycles. The number of nitrogens with two attached hydrogens (primary N) is 1. The molecule has 7 heteroatoms. The van der Waals surface area contributed by atoms with Gasteiger partial charge in [-0.15, -0.1) is 0 Å². The largest absolute Gasteiger partial charge is 0.495 e. The number of rotatable bonds is 2. The van der Waals surface area contributed by atoms with Crippen molar-refractivity contribution < 1.29 is 21.9 Å². The monoisotopic (exact) mass is 223 g/mol. The van der Waals surface area contributed by atoms with Crippen molar-refractivity contribution in [3.63, 3.8) is 0 Å². The molecular formula is C7H7F2NO3S. The smallest absolute Gasteiger partial charge is 0.244 e. The first kappa shape index (κ1) is 10.9. The maximum Gasteiger partial charge on any atom is 0.244 e. The van der Waals surface area contributed by atoms with E-state index >= 15 is 0 Å². The first-order valence-corrected chi connectivity index (χ1v) is 4.96. The SMILES string of the molecule is COc1cc(F)cc(F)c1S(N)(=O)=O. The highest BCUT2D eigenvalue weighted by Gasteiger charge is 2.21. The lowest BCUT2D eigenvalue weighted by Crippen LogP contribution is -2.15. The lowest BCUT2D eigenvalue weighted by molar-refractivity contribution is 0.389. The molecule has 0 saturated carbocycles. The summed E-state index contributed by atoms with van der Waals surface area (Å²) in [6, 6.07) is 1.16. The number of ether oxygens (including phenoxy) is 1. The molecule has 0 atom stereocenters. The number of methoxy groups -OCH3 is 1. The van der Waals surface area contributed by atoms with Crippen molar-refractivity contribution in [3.05, 3.63) is 23.8 Å². The Balaban J connectivity index is 3.57. The Morgan fingerprint density at radius 1 is 1.36 bits per heavy atom. The van der Waals surface area contributed by atoms with Crippen LogP contribution in [0.2, 0.25) is 0 Å². The first-order chi connectivity index (χ1) is 6.36. The van der Waals surface area contributed by atoms with Crippen LogP contribution in [0.5, 0.6) is 5.75 Å². The quantitative estimate of drug-likeness (QED) is 0.799. The van der Waals surface area contributed by atoms with E-state index in [-0.39, 0.29) is 0 Å². The molecule has 14 heavy (non-hydrogen) atoms. The average molecular weight is 223 g/mol. The molecule has 0 unspecified atom stereocenters. The summed E-state index contributed by atoms with van der Waals surface area (Å²) in [4.78, 5) is -0.846. The first-order valence-electron chi connectivity index (χ1n) is 3.42. The number of hydrogen-bond donors (Lipinski definition) is 1. The van der Waals surface area contributed by atoms with Crippen molar-refractivity contribution in [2.45, 2.75) is 4.90 Å². The van der Waals surface area contributed by atoms with Gasteiger partial charge in [-0.2, -0.15) is 0 Å². The third-order valence-corrected chi connectivity index (χ3v) is 2.44. The van der Waals surface area contributed by atoms with Gasteiger partial charge < -0.3 is 4.74 Å². The van der Waals surface area contributed by atoms with Crippen LogP contribution in [0.4, 0.5) is 8.78 Å². The van der Waals surface area contributed by atoms with Crippen LogP contribution in [0, 0.1) is 11.6 Å². The predicted octanol–water partition coefficient (Wildman–Crippen LogP) is 0.621. The third kappa shape index (κ3) is 1.99. The van der Waals surface area contributed by atoms with E-state index in [1.165, 1.54) is 0 Å². The van der Waals surface area contributed by atoms with Crippen LogP contribution in [-0.4, -0.2) is 15.5 Å². The van der Waals surface area contributed by atoms with E-state index in [9.17, 15) is 17.2 Å². The fourth-order valence-corrected chi connectivity index (χ4v) is 1.72. The number of halogens is 2. The molecule has 1 aromatic rings. The maximum absolute atomic E-state index is 13.0. The minimum Gasteiger partial charge on any atom is -0.495 e. The van der Waals surface area contributed by atoms with Crippen LogP contribution in [-0.2, 0) is 10.0 Å². The van der Waals surface area contributed by atoms with Gasteiger partial charge in [0.05, 0.1) is 7.11 Å². The number of hydrogen-bond acceptors (Lipinski definition) is 3. The van der Waals surface area contributed by atoms with Crippen molar-refractivity contribution >= 4 is 10.0 Å². The summed E-state index contributed by atoms with van der Waals surface area (Å²) >= 11 is 0.